The normalized spacial score (nSPS) is 18.5. The average molecular weight is 283 g/mol. The molecule has 0 aromatic carbocycles. The first-order valence-corrected chi connectivity index (χ1v) is 7.05. The van der Waals surface area contributed by atoms with Crippen LogP contribution in [0.3, 0.4) is 0 Å². The maximum atomic E-state index is 9.21. The van der Waals surface area contributed by atoms with Crippen LogP contribution in [-0.2, 0) is 11.3 Å². The van der Waals surface area contributed by atoms with E-state index in [1.165, 1.54) is 0 Å². The Morgan fingerprint density at radius 1 is 1.48 bits per heavy atom. The summed E-state index contributed by atoms with van der Waals surface area (Å²) in [5, 5.41) is 13.5. The second-order valence-corrected chi connectivity index (χ2v) is 4.94. The number of ether oxygens (including phenoxy) is 1. The predicted octanol–water partition coefficient (Wildman–Crippen LogP) is 1.75. The molecule has 0 aliphatic carbocycles. The summed E-state index contributed by atoms with van der Waals surface area (Å²) < 4.78 is 7.75. The molecule has 6 heteroatoms. The van der Waals surface area contributed by atoms with Gasteiger partial charge in [-0.25, -0.2) is 0 Å². The quantitative estimate of drug-likeness (QED) is 0.858. The Balaban J connectivity index is 1.81. The maximum Gasteiger partial charge on any atom is 0.103 e. The molecule has 0 radical (unpaired) electrons. The molecule has 1 aliphatic heterocycles. The van der Waals surface area contributed by atoms with Crippen molar-refractivity contribution in [1.82, 2.24) is 14.8 Å². The zero-order chi connectivity index (χ0) is 14.7. The van der Waals surface area contributed by atoms with Crippen LogP contribution >= 0.6 is 0 Å². The molecular formula is C15H17N5O. The first-order chi connectivity index (χ1) is 10.3. The monoisotopic (exact) mass is 283 g/mol. The summed E-state index contributed by atoms with van der Waals surface area (Å²) in [6.07, 6.45) is 7.19. The molecule has 2 aromatic rings. The zero-order valence-corrected chi connectivity index (χ0v) is 11.9. The lowest BCUT2D eigenvalue weighted by atomic mass is 10.1. The van der Waals surface area contributed by atoms with Gasteiger partial charge >= 0.3 is 0 Å². The highest BCUT2D eigenvalue weighted by atomic mass is 16.5. The van der Waals surface area contributed by atoms with E-state index in [9.17, 15) is 5.26 Å². The number of anilines is 1. The van der Waals surface area contributed by atoms with Gasteiger partial charge in [0, 0.05) is 43.8 Å². The summed E-state index contributed by atoms with van der Waals surface area (Å²) in [4.78, 5) is 6.19. The Bertz CT molecular complexity index is 660. The predicted molar refractivity (Wildman–Crippen MR) is 77.8 cm³/mol. The van der Waals surface area contributed by atoms with Gasteiger partial charge in [0.2, 0.25) is 0 Å². The van der Waals surface area contributed by atoms with E-state index in [0.717, 1.165) is 24.3 Å². The molecule has 0 amide bonds. The lowest BCUT2D eigenvalue weighted by Gasteiger charge is -2.34. The number of hydrogen-bond donors (Lipinski definition) is 0. The second-order valence-electron chi connectivity index (χ2n) is 4.94. The van der Waals surface area contributed by atoms with Crippen LogP contribution < -0.4 is 4.90 Å². The molecule has 1 aliphatic rings. The summed E-state index contributed by atoms with van der Waals surface area (Å²) in [6, 6.07) is 4.08. The number of rotatable bonds is 3. The van der Waals surface area contributed by atoms with Gasteiger partial charge in [-0.3, -0.25) is 9.67 Å². The number of hydrogen-bond acceptors (Lipinski definition) is 5. The van der Waals surface area contributed by atoms with Crippen LogP contribution in [0.1, 0.15) is 24.2 Å². The number of morpholine rings is 1. The molecule has 6 nitrogen and oxygen atoms in total. The van der Waals surface area contributed by atoms with Gasteiger partial charge in [-0.1, -0.05) is 0 Å². The molecule has 21 heavy (non-hydrogen) atoms. The van der Waals surface area contributed by atoms with Gasteiger partial charge in [0.05, 0.1) is 24.1 Å². The van der Waals surface area contributed by atoms with Gasteiger partial charge in [-0.2, -0.15) is 10.4 Å². The Hall–Kier alpha value is -2.39. The molecule has 0 N–H and O–H groups in total. The van der Waals surface area contributed by atoms with Crippen molar-refractivity contribution in [2.75, 3.05) is 24.6 Å². The van der Waals surface area contributed by atoms with Crippen molar-refractivity contribution in [3.8, 4) is 6.07 Å². The lowest BCUT2D eigenvalue weighted by molar-refractivity contribution is 0.0397. The van der Waals surface area contributed by atoms with Crippen LogP contribution in [0.5, 0.6) is 0 Å². The third kappa shape index (κ3) is 2.73. The van der Waals surface area contributed by atoms with Crippen molar-refractivity contribution >= 4 is 5.69 Å². The van der Waals surface area contributed by atoms with E-state index in [1.54, 1.807) is 12.4 Å². The minimum Gasteiger partial charge on any atom is -0.370 e. The zero-order valence-electron chi connectivity index (χ0n) is 11.9. The molecule has 0 bridgehead atoms. The van der Waals surface area contributed by atoms with Crippen molar-refractivity contribution in [3.05, 3.63) is 42.0 Å². The summed E-state index contributed by atoms with van der Waals surface area (Å²) in [7, 11) is 0. The molecule has 3 rings (SSSR count). The highest BCUT2D eigenvalue weighted by Gasteiger charge is 2.24. The fraction of sp³-hybridized carbons (Fsp3) is 0.400. The van der Waals surface area contributed by atoms with Crippen LogP contribution in [0.4, 0.5) is 5.69 Å². The minimum atomic E-state index is -0.0150. The molecule has 1 unspecified atom stereocenters. The van der Waals surface area contributed by atoms with Crippen molar-refractivity contribution in [3.63, 3.8) is 0 Å². The molecular weight excluding hydrogens is 266 g/mol. The molecule has 1 fully saturated rings. The van der Waals surface area contributed by atoms with Crippen LogP contribution in [0.2, 0.25) is 0 Å². The van der Waals surface area contributed by atoms with E-state index >= 15 is 0 Å². The molecule has 0 saturated carbocycles. The Morgan fingerprint density at radius 2 is 2.38 bits per heavy atom. The fourth-order valence-corrected chi connectivity index (χ4v) is 2.54. The van der Waals surface area contributed by atoms with Gasteiger partial charge in [0.1, 0.15) is 12.2 Å². The van der Waals surface area contributed by atoms with Crippen LogP contribution in [0.25, 0.3) is 0 Å². The molecule has 108 valence electrons. The van der Waals surface area contributed by atoms with E-state index in [0.29, 0.717) is 18.7 Å². The third-order valence-corrected chi connectivity index (χ3v) is 3.67. The maximum absolute atomic E-state index is 9.21. The van der Waals surface area contributed by atoms with E-state index < -0.39 is 0 Å². The number of aromatic nitrogens is 3. The summed E-state index contributed by atoms with van der Waals surface area (Å²) in [6.45, 7) is 5.03. The number of nitriles is 1. The van der Waals surface area contributed by atoms with Crippen molar-refractivity contribution in [1.29, 1.82) is 5.26 Å². The van der Waals surface area contributed by atoms with E-state index in [4.69, 9.17) is 4.74 Å². The largest absolute Gasteiger partial charge is 0.370 e. The van der Waals surface area contributed by atoms with Gasteiger partial charge in [0.25, 0.3) is 0 Å². The number of aryl methyl sites for hydroxylation is 1. The Labute approximate surface area is 123 Å². The molecule has 2 aromatic heterocycles. The molecule has 1 atom stereocenters. The first kappa shape index (κ1) is 13.6. The standard InChI is InChI=1S/C15H17N5O/c1-2-20-10-13(9-18-20)15-11-19(5-6-21-15)14-3-4-17-8-12(14)7-16/h3-4,8-10,15H,2,5-6,11H2,1H3. The Morgan fingerprint density at radius 3 is 3.14 bits per heavy atom. The number of pyridine rings is 1. The van der Waals surface area contributed by atoms with Gasteiger partial charge in [0.15, 0.2) is 0 Å². The third-order valence-electron chi connectivity index (χ3n) is 3.67. The smallest absolute Gasteiger partial charge is 0.103 e. The second kappa shape index (κ2) is 5.94. The van der Waals surface area contributed by atoms with Crippen molar-refractivity contribution in [2.24, 2.45) is 0 Å². The number of nitrogens with zero attached hydrogens (tertiary/aromatic N) is 5. The van der Waals surface area contributed by atoms with Gasteiger partial charge in [-0.05, 0) is 13.0 Å². The Kier molecular flexibility index (Phi) is 3.84. The van der Waals surface area contributed by atoms with Crippen molar-refractivity contribution < 1.29 is 4.74 Å². The molecule has 0 spiro atoms. The van der Waals surface area contributed by atoms with Crippen LogP contribution in [0, 0.1) is 11.3 Å². The van der Waals surface area contributed by atoms with E-state index in [2.05, 4.69) is 28.0 Å². The summed E-state index contributed by atoms with van der Waals surface area (Å²) in [5.74, 6) is 0. The van der Waals surface area contributed by atoms with E-state index in [-0.39, 0.29) is 6.10 Å². The lowest BCUT2D eigenvalue weighted by Crippen LogP contribution is -2.38. The van der Waals surface area contributed by atoms with Gasteiger partial charge < -0.3 is 9.64 Å². The SMILES string of the molecule is CCn1cc(C2CN(c3ccncc3C#N)CCO2)cn1. The average Bonchev–Trinajstić information content (AvgIpc) is 3.04. The van der Waals surface area contributed by atoms with Crippen molar-refractivity contribution in [2.45, 2.75) is 19.6 Å². The highest BCUT2D eigenvalue weighted by molar-refractivity contribution is 5.58. The minimum absolute atomic E-state index is 0.0150. The highest BCUT2D eigenvalue weighted by Crippen LogP contribution is 2.27. The first-order valence-electron chi connectivity index (χ1n) is 7.05. The summed E-state index contributed by atoms with van der Waals surface area (Å²) >= 11 is 0. The van der Waals surface area contributed by atoms with Crippen LogP contribution in [0.15, 0.2) is 30.9 Å². The summed E-state index contributed by atoms with van der Waals surface area (Å²) in [5.41, 5.74) is 2.60. The van der Waals surface area contributed by atoms with E-state index in [1.807, 2.05) is 23.1 Å². The molecule has 3 heterocycles. The van der Waals surface area contributed by atoms with Crippen LogP contribution in [-0.4, -0.2) is 34.5 Å². The topological polar surface area (TPSA) is 67.0 Å². The molecule has 1 saturated heterocycles. The fourth-order valence-electron chi connectivity index (χ4n) is 2.54. The van der Waals surface area contributed by atoms with Gasteiger partial charge in [-0.15, -0.1) is 0 Å².